The monoisotopic (exact) mass is 182 g/mol. The van der Waals surface area contributed by atoms with Gasteiger partial charge in [0.05, 0.1) is 5.69 Å². The number of hydrogen-bond acceptors (Lipinski definition) is 2. The number of rotatable bonds is 0. The molecule has 68 valence electrons. The minimum absolute atomic E-state index is 1.06. The fourth-order valence-electron chi connectivity index (χ4n) is 2.02. The Morgan fingerprint density at radius 1 is 0.929 bits per heavy atom. The van der Waals surface area contributed by atoms with Crippen molar-refractivity contribution in [2.24, 2.45) is 0 Å². The van der Waals surface area contributed by atoms with Gasteiger partial charge in [0.25, 0.3) is 0 Å². The Balaban J connectivity index is 2.29. The van der Waals surface area contributed by atoms with Gasteiger partial charge in [-0.05, 0) is 30.0 Å². The third-order valence-corrected chi connectivity index (χ3v) is 2.74. The van der Waals surface area contributed by atoms with E-state index >= 15 is 0 Å². The molecule has 2 aromatic rings. The second-order valence-electron chi connectivity index (χ2n) is 3.56. The molecule has 1 aliphatic rings. The smallest absolute Gasteiger partial charge is 0.0964 e. The van der Waals surface area contributed by atoms with Crippen molar-refractivity contribution in [1.82, 2.24) is 10.2 Å². The van der Waals surface area contributed by atoms with Gasteiger partial charge < -0.3 is 0 Å². The molecule has 3 rings (SSSR count). The second kappa shape index (κ2) is 2.91. The molecule has 0 fully saturated rings. The van der Waals surface area contributed by atoms with Crippen LogP contribution in [0.15, 0.2) is 36.5 Å². The van der Waals surface area contributed by atoms with Gasteiger partial charge in [-0.25, -0.2) is 0 Å². The summed E-state index contributed by atoms with van der Waals surface area (Å²) in [4.78, 5) is 0. The molecule has 0 spiro atoms. The van der Waals surface area contributed by atoms with Crippen molar-refractivity contribution >= 4 is 0 Å². The van der Waals surface area contributed by atoms with Gasteiger partial charge in [-0.3, -0.25) is 0 Å². The summed E-state index contributed by atoms with van der Waals surface area (Å²) >= 11 is 0. The highest BCUT2D eigenvalue weighted by Crippen LogP contribution is 2.30. The molecule has 14 heavy (non-hydrogen) atoms. The Morgan fingerprint density at radius 3 is 2.79 bits per heavy atom. The lowest BCUT2D eigenvalue weighted by molar-refractivity contribution is 0.896. The van der Waals surface area contributed by atoms with Gasteiger partial charge in [-0.15, -0.1) is 0 Å². The molecule has 1 aliphatic carbocycles. The zero-order valence-electron chi connectivity index (χ0n) is 7.77. The Morgan fingerprint density at radius 2 is 1.79 bits per heavy atom. The summed E-state index contributed by atoms with van der Waals surface area (Å²) in [5.74, 6) is 0. The van der Waals surface area contributed by atoms with Crippen LogP contribution in [0.5, 0.6) is 0 Å². The quantitative estimate of drug-likeness (QED) is 0.624. The summed E-state index contributed by atoms with van der Waals surface area (Å²) in [6, 6.07) is 10.5. The van der Waals surface area contributed by atoms with Gasteiger partial charge in [-0.1, -0.05) is 24.3 Å². The van der Waals surface area contributed by atoms with Gasteiger partial charge in [0.15, 0.2) is 0 Å². The average molecular weight is 182 g/mol. The van der Waals surface area contributed by atoms with Crippen LogP contribution in [0.4, 0.5) is 0 Å². The lowest BCUT2D eigenvalue weighted by Crippen LogP contribution is -2.05. The first-order valence-corrected chi connectivity index (χ1v) is 4.84. The van der Waals surface area contributed by atoms with Crippen molar-refractivity contribution in [2.75, 3.05) is 0 Å². The van der Waals surface area contributed by atoms with E-state index in [9.17, 15) is 0 Å². The molecule has 1 heterocycles. The Labute approximate surface area is 82.6 Å². The lowest BCUT2D eigenvalue weighted by Gasteiger charge is -2.17. The van der Waals surface area contributed by atoms with Gasteiger partial charge >= 0.3 is 0 Å². The molecule has 1 aromatic heterocycles. The van der Waals surface area contributed by atoms with Crippen molar-refractivity contribution in [2.45, 2.75) is 12.8 Å². The summed E-state index contributed by atoms with van der Waals surface area (Å²) in [5.41, 5.74) is 5.02. The Bertz CT molecular complexity index is 432. The summed E-state index contributed by atoms with van der Waals surface area (Å²) in [5, 5.41) is 8.16. The highest BCUT2D eigenvalue weighted by molar-refractivity contribution is 5.68. The van der Waals surface area contributed by atoms with E-state index in [0.29, 0.717) is 0 Å². The summed E-state index contributed by atoms with van der Waals surface area (Å²) in [7, 11) is 0. The predicted molar refractivity (Wildman–Crippen MR) is 54.9 cm³/mol. The van der Waals surface area contributed by atoms with Crippen molar-refractivity contribution in [3.8, 4) is 11.3 Å². The van der Waals surface area contributed by atoms with E-state index in [2.05, 4.69) is 40.5 Å². The molecular formula is C12H10N2. The molecule has 0 aliphatic heterocycles. The van der Waals surface area contributed by atoms with Crippen LogP contribution in [-0.2, 0) is 12.8 Å². The van der Waals surface area contributed by atoms with Crippen LogP contribution >= 0.6 is 0 Å². The molecule has 2 nitrogen and oxygen atoms in total. The normalized spacial score (nSPS) is 13.1. The van der Waals surface area contributed by atoms with E-state index in [-0.39, 0.29) is 0 Å². The highest BCUT2D eigenvalue weighted by atomic mass is 15.1. The number of hydrogen-bond donors (Lipinski definition) is 0. The maximum atomic E-state index is 4.21. The number of fused-ring (bicyclic) bond motifs is 3. The van der Waals surface area contributed by atoms with Crippen LogP contribution in [-0.4, -0.2) is 10.2 Å². The van der Waals surface area contributed by atoms with Crippen molar-refractivity contribution in [3.63, 3.8) is 0 Å². The SMILES string of the molecule is c1ccc2c(c1)CCc1ccnnc1-2. The van der Waals surface area contributed by atoms with Gasteiger partial charge in [0, 0.05) is 11.8 Å². The zero-order valence-corrected chi connectivity index (χ0v) is 7.77. The molecule has 0 bridgehead atoms. The lowest BCUT2D eigenvalue weighted by atomic mass is 9.90. The van der Waals surface area contributed by atoms with Crippen LogP contribution in [0, 0.1) is 0 Å². The zero-order chi connectivity index (χ0) is 9.38. The maximum absolute atomic E-state index is 4.21. The van der Waals surface area contributed by atoms with Gasteiger partial charge in [0.1, 0.15) is 0 Å². The first-order chi connectivity index (χ1) is 6.95. The third kappa shape index (κ3) is 1.04. The fraction of sp³-hybridized carbons (Fsp3) is 0.167. The highest BCUT2D eigenvalue weighted by Gasteiger charge is 2.15. The number of benzene rings is 1. The van der Waals surface area contributed by atoms with Crippen LogP contribution < -0.4 is 0 Å². The first-order valence-electron chi connectivity index (χ1n) is 4.84. The number of aryl methyl sites for hydroxylation is 2. The molecule has 2 heteroatoms. The van der Waals surface area contributed by atoms with E-state index in [1.54, 1.807) is 6.20 Å². The topological polar surface area (TPSA) is 25.8 Å². The average Bonchev–Trinajstić information content (AvgIpc) is 2.29. The predicted octanol–water partition coefficient (Wildman–Crippen LogP) is 2.24. The Kier molecular flexibility index (Phi) is 1.60. The largest absolute Gasteiger partial charge is 0.159 e. The van der Waals surface area contributed by atoms with E-state index < -0.39 is 0 Å². The second-order valence-corrected chi connectivity index (χ2v) is 3.56. The maximum Gasteiger partial charge on any atom is 0.0964 e. The number of aromatic nitrogens is 2. The Hall–Kier alpha value is -1.70. The van der Waals surface area contributed by atoms with Crippen LogP contribution in [0.2, 0.25) is 0 Å². The molecule has 0 unspecified atom stereocenters. The number of nitrogens with zero attached hydrogens (tertiary/aromatic N) is 2. The van der Waals surface area contributed by atoms with E-state index in [1.165, 1.54) is 16.7 Å². The van der Waals surface area contributed by atoms with Gasteiger partial charge in [-0.2, -0.15) is 10.2 Å². The van der Waals surface area contributed by atoms with E-state index in [4.69, 9.17) is 0 Å². The van der Waals surface area contributed by atoms with Gasteiger partial charge in [0.2, 0.25) is 0 Å². The molecule has 0 saturated heterocycles. The standard InChI is InChI=1S/C12H10N2/c1-2-4-11-9(3-1)5-6-10-7-8-13-14-12(10)11/h1-4,7-8H,5-6H2. The minimum Gasteiger partial charge on any atom is -0.159 e. The van der Waals surface area contributed by atoms with Crippen molar-refractivity contribution < 1.29 is 0 Å². The molecule has 0 radical (unpaired) electrons. The van der Waals surface area contributed by atoms with E-state index in [0.717, 1.165) is 18.5 Å². The molecular weight excluding hydrogens is 172 g/mol. The van der Waals surface area contributed by atoms with Crippen molar-refractivity contribution in [3.05, 3.63) is 47.7 Å². The van der Waals surface area contributed by atoms with E-state index in [1.807, 2.05) is 0 Å². The fourth-order valence-corrected chi connectivity index (χ4v) is 2.02. The summed E-state index contributed by atoms with van der Waals surface area (Å²) in [6.07, 6.45) is 3.98. The molecule has 0 saturated carbocycles. The third-order valence-electron chi connectivity index (χ3n) is 2.74. The first kappa shape index (κ1) is 7.68. The van der Waals surface area contributed by atoms with Crippen LogP contribution in [0.25, 0.3) is 11.3 Å². The summed E-state index contributed by atoms with van der Waals surface area (Å²) in [6.45, 7) is 0. The minimum atomic E-state index is 1.06. The molecule has 0 atom stereocenters. The molecule has 0 N–H and O–H groups in total. The molecule has 0 amide bonds. The summed E-state index contributed by atoms with van der Waals surface area (Å²) < 4.78 is 0. The van der Waals surface area contributed by atoms with Crippen molar-refractivity contribution in [1.29, 1.82) is 0 Å². The van der Waals surface area contributed by atoms with Crippen LogP contribution in [0.3, 0.4) is 0 Å². The van der Waals surface area contributed by atoms with Crippen LogP contribution in [0.1, 0.15) is 11.1 Å². The molecule has 1 aromatic carbocycles.